The van der Waals surface area contributed by atoms with Crippen LogP contribution in [0.3, 0.4) is 0 Å². The van der Waals surface area contributed by atoms with E-state index in [-0.39, 0.29) is 0 Å². The average Bonchev–Trinajstić information content (AvgIpc) is 2.67. The fourth-order valence-corrected chi connectivity index (χ4v) is 4.19. The lowest BCUT2D eigenvalue weighted by atomic mass is 9.98. The third kappa shape index (κ3) is 3.70. The van der Waals surface area contributed by atoms with Gasteiger partial charge in [-0.15, -0.1) is 0 Å². The molecule has 1 aromatic carbocycles. The molecule has 1 aromatic rings. The van der Waals surface area contributed by atoms with E-state index >= 15 is 0 Å². The first-order chi connectivity index (χ1) is 8.88. The van der Waals surface area contributed by atoms with E-state index in [1.54, 1.807) is 5.19 Å². The lowest BCUT2D eigenvalue weighted by Gasteiger charge is -2.20. The second-order valence-electron chi connectivity index (χ2n) is 7.35. The molecule has 3 unspecified atom stereocenters. The standard InChI is InChI=1S/C17H29NSi/c1-13-6-11-17(14(13)2)18-12-15-7-9-16(10-8-15)19(3,4)5/h7-10,13-14,17-18H,6,11-12H2,1-5H3. The van der Waals surface area contributed by atoms with Crippen LogP contribution in [0.5, 0.6) is 0 Å². The van der Waals surface area contributed by atoms with Crippen LogP contribution in [0, 0.1) is 11.8 Å². The largest absolute Gasteiger partial charge is 0.310 e. The number of benzene rings is 1. The van der Waals surface area contributed by atoms with Gasteiger partial charge in [0.1, 0.15) is 0 Å². The maximum atomic E-state index is 3.75. The normalized spacial score (nSPS) is 27.7. The molecule has 0 bridgehead atoms. The second kappa shape index (κ2) is 5.80. The van der Waals surface area contributed by atoms with Crippen molar-refractivity contribution >= 4 is 13.3 Å². The molecular weight excluding hydrogens is 246 g/mol. The van der Waals surface area contributed by atoms with E-state index in [4.69, 9.17) is 0 Å². The van der Waals surface area contributed by atoms with Crippen LogP contribution in [0.15, 0.2) is 24.3 Å². The highest BCUT2D eigenvalue weighted by molar-refractivity contribution is 6.88. The van der Waals surface area contributed by atoms with Gasteiger partial charge in [-0.3, -0.25) is 0 Å². The van der Waals surface area contributed by atoms with E-state index in [1.807, 2.05) is 0 Å². The van der Waals surface area contributed by atoms with Crippen molar-refractivity contribution in [1.82, 2.24) is 5.32 Å². The minimum absolute atomic E-state index is 0.715. The maximum absolute atomic E-state index is 3.75. The highest BCUT2D eigenvalue weighted by Gasteiger charge is 2.28. The summed E-state index contributed by atoms with van der Waals surface area (Å²) >= 11 is 0. The van der Waals surface area contributed by atoms with E-state index in [0.29, 0.717) is 6.04 Å². The lowest BCUT2D eigenvalue weighted by Crippen LogP contribution is -2.37. The minimum Gasteiger partial charge on any atom is -0.310 e. The Morgan fingerprint density at radius 3 is 2.16 bits per heavy atom. The molecule has 1 saturated carbocycles. The molecule has 19 heavy (non-hydrogen) atoms. The van der Waals surface area contributed by atoms with Crippen molar-refractivity contribution in [1.29, 1.82) is 0 Å². The van der Waals surface area contributed by atoms with Crippen LogP contribution in [-0.2, 0) is 6.54 Å². The monoisotopic (exact) mass is 275 g/mol. The zero-order valence-electron chi connectivity index (χ0n) is 13.2. The Hall–Kier alpha value is -0.603. The summed E-state index contributed by atoms with van der Waals surface area (Å²) in [7, 11) is -1.15. The van der Waals surface area contributed by atoms with Crippen molar-refractivity contribution in [2.24, 2.45) is 11.8 Å². The highest BCUT2D eigenvalue weighted by Crippen LogP contribution is 2.31. The first-order valence-electron chi connectivity index (χ1n) is 7.71. The van der Waals surface area contributed by atoms with Gasteiger partial charge in [0, 0.05) is 12.6 Å². The summed E-state index contributed by atoms with van der Waals surface area (Å²) in [5.74, 6) is 1.70. The molecule has 0 radical (unpaired) electrons. The predicted octanol–water partition coefficient (Wildman–Crippen LogP) is 3.76. The van der Waals surface area contributed by atoms with Gasteiger partial charge in [0.05, 0.1) is 8.07 Å². The Balaban J connectivity index is 1.90. The SMILES string of the molecule is CC1CCC(NCc2ccc([Si](C)(C)C)cc2)C1C. The molecule has 0 aromatic heterocycles. The van der Waals surface area contributed by atoms with Gasteiger partial charge in [0.2, 0.25) is 0 Å². The molecule has 2 rings (SSSR count). The van der Waals surface area contributed by atoms with E-state index in [9.17, 15) is 0 Å². The molecule has 0 amide bonds. The molecule has 0 heterocycles. The Morgan fingerprint density at radius 2 is 1.68 bits per heavy atom. The molecule has 1 aliphatic carbocycles. The van der Waals surface area contributed by atoms with E-state index < -0.39 is 8.07 Å². The Kier molecular flexibility index (Phi) is 4.52. The summed E-state index contributed by atoms with van der Waals surface area (Å²) in [5.41, 5.74) is 1.42. The van der Waals surface area contributed by atoms with Gasteiger partial charge in [-0.05, 0) is 30.2 Å². The predicted molar refractivity (Wildman–Crippen MR) is 87.6 cm³/mol. The first kappa shape index (κ1) is 14.8. The van der Waals surface area contributed by atoms with Crippen molar-refractivity contribution in [3.8, 4) is 0 Å². The van der Waals surface area contributed by atoms with Crippen LogP contribution in [0.4, 0.5) is 0 Å². The van der Waals surface area contributed by atoms with Crippen LogP contribution in [0.1, 0.15) is 32.3 Å². The average molecular weight is 276 g/mol. The molecule has 0 spiro atoms. The van der Waals surface area contributed by atoms with Gasteiger partial charge in [0.25, 0.3) is 0 Å². The third-order valence-corrected chi connectivity index (χ3v) is 6.92. The van der Waals surface area contributed by atoms with Crippen molar-refractivity contribution in [3.63, 3.8) is 0 Å². The summed E-state index contributed by atoms with van der Waals surface area (Å²) in [6.07, 6.45) is 2.72. The van der Waals surface area contributed by atoms with Crippen LogP contribution in [0.25, 0.3) is 0 Å². The van der Waals surface area contributed by atoms with Crippen molar-refractivity contribution in [2.75, 3.05) is 0 Å². The summed E-state index contributed by atoms with van der Waals surface area (Å²) in [4.78, 5) is 0. The summed E-state index contributed by atoms with van der Waals surface area (Å²) in [5, 5.41) is 5.30. The first-order valence-corrected chi connectivity index (χ1v) is 11.2. The van der Waals surface area contributed by atoms with Crippen LogP contribution in [0.2, 0.25) is 19.6 Å². The zero-order valence-corrected chi connectivity index (χ0v) is 14.2. The van der Waals surface area contributed by atoms with Crippen LogP contribution >= 0.6 is 0 Å². The van der Waals surface area contributed by atoms with Crippen LogP contribution in [-0.4, -0.2) is 14.1 Å². The number of nitrogens with one attached hydrogen (secondary N) is 1. The number of hydrogen-bond acceptors (Lipinski definition) is 1. The molecule has 1 fully saturated rings. The van der Waals surface area contributed by atoms with Gasteiger partial charge < -0.3 is 5.32 Å². The molecule has 1 nitrogen and oxygen atoms in total. The van der Waals surface area contributed by atoms with Crippen LogP contribution < -0.4 is 10.5 Å². The molecule has 0 aliphatic heterocycles. The molecule has 3 atom stereocenters. The Bertz CT molecular complexity index is 404. The zero-order chi connectivity index (χ0) is 14.0. The van der Waals surface area contributed by atoms with Crippen molar-refractivity contribution in [3.05, 3.63) is 29.8 Å². The molecule has 106 valence electrons. The van der Waals surface area contributed by atoms with E-state index in [1.165, 1.54) is 18.4 Å². The van der Waals surface area contributed by atoms with Gasteiger partial charge >= 0.3 is 0 Å². The molecule has 0 saturated heterocycles. The molecule has 1 aliphatic rings. The topological polar surface area (TPSA) is 12.0 Å². The summed E-state index contributed by atoms with van der Waals surface area (Å²) < 4.78 is 0. The molecule has 1 N–H and O–H groups in total. The fraction of sp³-hybridized carbons (Fsp3) is 0.647. The minimum atomic E-state index is -1.15. The lowest BCUT2D eigenvalue weighted by molar-refractivity contribution is 0.370. The number of rotatable bonds is 4. The van der Waals surface area contributed by atoms with Crippen molar-refractivity contribution < 1.29 is 0 Å². The van der Waals surface area contributed by atoms with Gasteiger partial charge in [-0.25, -0.2) is 0 Å². The smallest absolute Gasteiger partial charge is 0.0775 e. The number of hydrogen-bond donors (Lipinski definition) is 1. The Labute approximate surface area is 119 Å². The van der Waals surface area contributed by atoms with E-state index in [0.717, 1.165) is 18.4 Å². The Morgan fingerprint density at radius 1 is 1.05 bits per heavy atom. The van der Waals surface area contributed by atoms with Crippen molar-refractivity contribution in [2.45, 2.75) is 58.9 Å². The quantitative estimate of drug-likeness (QED) is 0.825. The highest BCUT2D eigenvalue weighted by atomic mass is 28.3. The maximum Gasteiger partial charge on any atom is 0.0775 e. The van der Waals surface area contributed by atoms with Gasteiger partial charge in [-0.1, -0.05) is 62.9 Å². The fourth-order valence-electron chi connectivity index (χ4n) is 3.02. The molecular formula is C17H29NSi. The summed E-state index contributed by atoms with van der Waals surface area (Å²) in [6, 6.07) is 10.0. The van der Waals surface area contributed by atoms with E-state index in [2.05, 4.69) is 63.1 Å². The second-order valence-corrected chi connectivity index (χ2v) is 12.4. The molecule has 2 heteroatoms. The third-order valence-electron chi connectivity index (χ3n) is 4.85. The van der Waals surface area contributed by atoms with Gasteiger partial charge in [0.15, 0.2) is 0 Å². The summed E-state index contributed by atoms with van der Waals surface area (Å²) in [6.45, 7) is 13.0. The van der Waals surface area contributed by atoms with Gasteiger partial charge in [-0.2, -0.15) is 0 Å².